The Labute approximate surface area is 118 Å². The largest absolute Gasteiger partial charge is 0.293 e. The fourth-order valence-corrected chi connectivity index (χ4v) is 4.72. The molecule has 5 heteroatoms. The van der Waals surface area contributed by atoms with Gasteiger partial charge in [0.2, 0.25) is 0 Å². The van der Waals surface area contributed by atoms with E-state index in [1.54, 1.807) is 18.2 Å². The van der Waals surface area contributed by atoms with Gasteiger partial charge >= 0.3 is 0 Å². The third-order valence-corrected chi connectivity index (χ3v) is 6.57. The van der Waals surface area contributed by atoms with Gasteiger partial charge in [0, 0.05) is 10.6 Å². The lowest BCUT2D eigenvalue weighted by atomic mass is 10.1. The van der Waals surface area contributed by atoms with Crippen LogP contribution in [0.4, 0.5) is 0 Å². The summed E-state index contributed by atoms with van der Waals surface area (Å²) in [5.41, 5.74) is 0.363. The summed E-state index contributed by atoms with van der Waals surface area (Å²) in [5, 5.41) is -0.906. The molecule has 0 aliphatic heterocycles. The van der Waals surface area contributed by atoms with Crippen LogP contribution >= 0.6 is 11.6 Å². The van der Waals surface area contributed by atoms with Gasteiger partial charge in [0.05, 0.1) is 5.25 Å². The molecule has 19 heavy (non-hydrogen) atoms. The Kier molecular flexibility index (Phi) is 4.31. The van der Waals surface area contributed by atoms with E-state index < -0.39 is 15.1 Å². The molecule has 0 amide bonds. The van der Waals surface area contributed by atoms with E-state index in [0.29, 0.717) is 23.4 Å². The van der Waals surface area contributed by atoms with Crippen molar-refractivity contribution >= 4 is 27.2 Å². The Morgan fingerprint density at radius 2 is 1.95 bits per heavy atom. The smallest absolute Gasteiger partial charge is 0.180 e. The van der Waals surface area contributed by atoms with Crippen LogP contribution in [0.5, 0.6) is 0 Å². The Morgan fingerprint density at radius 1 is 1.32 bits per heavy atom. The zero-order valence-corrected chi connectivity index (χ0v) is 12.4. The van der Waals surface area contributed by atoms with Crippen LogP contribution in [0, 0.1) is 0 Å². The lowest BCUT2D eigenvalue weighted by Gasteiger charge is -2.17. The van der Waals surface area contributed by atoms with Gasteiger partial charge in [-0.15, -0.1) is 0 Å². The predicted molar refractivity (Wildman–Crippen MR) is 76.4 cm³/mol. The minimum atomic E-state index is -3.39. The molecular weight excluding hydrogens is 284 g/mol. The Morgan fingerprint density at radius 3 is 2.53 bits per heavy atom. The van der Waals surface area contributed by atoms with Gasteiger partial charge in [0.15, 0.2) is 15.6 Å². The molecule has 0 bridgehead atoms. The Balaban J connectivity index is 2.23. The van der Waals surface area contributed by atoms with E-state index in [-0.39, 0.29) is 11.0 Å². The van der Waals surface area contributed by atoms with Crippen LogP contribution in [-0.2, 0) is 9.84 Å². The zero-order valence-electron chi connectivity index (χ0n) is 10.8. The second-order valence-electron chi connectivity index (χ2n) is 5.01. The first-order valence-electron chi connectivity index (χ1n) is 6.45. The van der Waals surface area contributed by atoms with Gasteiger partial charge in [-0.2, -0.15) is 0 Å². The number of hydrogen-bond donors (Lipinski definition) is 0. The average Bonchev–Trinajstić information content (AvgIpc) is 2.91. The number of carbonyl (C=O) groups excluding carboxylic acids is 1. The van der Waals surface area contributed by atoms with E-state index in [1.165, 1.54) is 13.0 Å². The summed E-state index contributed by atoms with van der Waals surface area (Å²) in [6.45, 7) is 1.48. The maximum atomic E-state index is 12.4. The number of ketones is 1. The van der Waals surface area contributed by atoms with Crippen molar-refractivity contribution in [3.05, 3.63) is 34.9 Å². The first-order valence-corrected chi connectivity index (χ1v) is 8.44. The number of benzene rings is 1. The molecule has 1 aliphatic carbocycles. The van der Waals surface area contributed by atoms with Crippen LogP contribution in [-0.4, -0.2) is 24.7 Å². The van der Waals surface area contributed by atoms with Crippen molar-refractivity contribution in [1.29, 1.82) is 0 Å². The standard InChI is InChI=1S/C14H17ClO3S/c1-10(19(17,18)13-7-2-3-8-13)14(16)11-5-4-6-12(15)9-11/h4-6,9-10,13H,2-3,7-8H2,1H3. The highest BCUT2D eigenvalue weighted by molar-refractivity contribution is 7.93. The number of sulfone groups is 1. The molecule has 1 aliphatic rings. The zero-order chi connectivity index (χ0) is 14.0. The first-order chi connectivity index (χ1) is 8.93. The van der Waals surface area contributed by atoms with E-state index in [9.17, 15) is 13.2 Å². The SMILES string of the molecule is CC(C(=O)c1cccc(Cl)c1)S(=O)(=O)C1CCCC1. The van der Waals surface area contributed by atoms with Crippen molar-refractivity contribution < 1.29 is 13.2 Å². The van der Waals surface area contributed by atoms with Crippen molar-refractivity contribution in [3.63, 3.8) is 0 Å². The van der Waals surface area contributed by atoms with E-state index in [1.807, 2.05) is 0 Å². The highest BCUT2D eigenvalue weighted by Gasteiger charge is 2.37. The van der Waals surface area contributed by atoms with Gasteiger partial charge in [0.1, 0.15) is 5.25 Å². The average molecular weight is 301 g/mol. The number of hydrogen-bond acceptors (Lipinski definition) is 3. The van der Waals surface area contributed by atoms with Crippen LogP contribution < -0.4 is 0 Å². The molecule has 0 aromatic heterocycles. The van der Waals surface area contributed by atoms with Gasteiger partial charge in [0.25, 0.3) is 0 Å². The van der Waals surface area contributed by atoms with Gasteiger partial charge in [-0.25, -0.2) is 8.42 Å². The molecule has 0 spiro atoms. The third-order valence-electron chi connectivity index (χ3n) is 3.74. The summed E-state index contributed by atoms with van der Waals surface area (Å²) in [7, 11) is -3.39. The molecule has 0 saturated heterocycles. The summed E-state index contributed by atoms with van der Waals surface area (Å²) in [6.07, 6.45) is 3.22. The molecule has 0 N–H and O–H groups in total. The van der Waals surface area contributed by atoms with Gasteiger partial charge in [-0.05, 0) is 31.9 Å². The Hall–Kier alpha value is -0.870. The molecule has 2 rings (SSSR count). The van der Waals surface area contributed by atoms with Crippen LogP contribution in [0.2, 0.25) is 5.02 Å². The monoisotopic (exact) mass is 300 g/mol. The van der Waals surface area contributed by atoms with Crippen molar-refractivity contribution in [3.8, 4) is 0 Å². The number of rotatable bonds is 4. The van der Waals surface area contributed by atoms with Crippen molar-refractivity contribution in [2.45, 2.75) is 43.1 Å². The molecule has 1 unspecified atom stereocenters. The number of halogens is 1. The second-order valence-corrected chi connectivity index (χ2v) is 8.00. The molecule has 0 heterocycles. The first kappa shape index (κ1) is 14.5. The van der Waals surface area contributed by atoms with Crippen LogP contribution in [0.15, 0.2) is 24.3 Å². The van der Waals surface area contributed by atoms with Crippen LogP contribution in [0.25, 0.3) is 0 Å². The van der Waals surface area contributed by atoms with Crippen LogP contribution in [0.3, 0.4) is 0 Å². The molecule has 104 valence electrons. The highest BCUT2D eigenvalue weighted by Crippen LogP contribution is 2.28. The van der Waals surface area contributed by atoms with Gasteiger partial charge < -0.3 is 0 Å². The van der Waals surface area contributed by atoms with Gasteiger partial charge in [-0.1, -0.05) is 36.6 Å². The Bertz CT molecular complexity index is 574. The van der Waals surface area contributed by atoms with E-state index in [2.05, 4.69) is 0 Å². The molecule has 1 aromatic carbocycles. The van der Waals surface area contributed by atoms with E-state index in [0.717, 1.165) is 12.8 Å². The maximum absolute atomic E-state index is 12.4. The van der Waals surface area contributed by atoms with Crippen molar-refractivity contribution in [1.82, 2.24) is 0 Å². The van der Waals surface area contributed by atoms with Crippen LogP contribution in [0.1, 0.15) is 43.0 Å². The topological polar surface area (TPSA) is 51.2 Å². The van der Waals surface area contributed by atoms with Gasteiger partial charge in [-0.3, -0.25) is 4.79 Å². The fraction of sp³-hybridized carbons (Fsp3) is 0.500. The lowest BCUT2D eigenvalue weighted by molar-refractivity contribution is 0.0991. The molecule has 1 atom stereocenters. The lowest BCUT2D eigenvalue weighted by Crippen LogP contribution is -2.34. The summed E-state index contributed by atoms with van der Waals surface area (Å²) in [6, 6.07) is 6.44. The quantitative estimate of drug-likeness (QED) is 0.802. The minimum absolute atomic E-state index is 0.356. The molecule has 0 radical (unpaired) electrons. The minimum Gasteiger partial charge on any atom is -0.293 e. The second kappa shape index (κ2) is 5.63. The summed E-state index contributed by atoms with van der Waals surface area (Å²) in [5.74, 6) is -0.366. The fourth-order valence-electron chi connectivity index (χ4n) is 2.53. The summed E-state index contributed by atoms with van der Waals surface area (Å²) >= 11 is 5.83. The number of carbonyl (C=O) groups is 1. The van der Waals surface area contributed by atoms with E-state index >= 15 is 0 Å². The molecular formula is C14H17ClO3S. The summed E-state index contributed by atoms with van der Waals surface area (Å²) in [4.78, 5) is 12.3. The molecule has 1 saturated carbocycles. The third kappa shape index (κ3) is 3.00. The van der Waals surface area contributed by atoms with E-state index in [4.69, 9.17) is 11.6 Å². The van der Waals surface area contributed by atoms with Crippen molar-refractivity contribution in [2.75, 3.05) is 0 Å². The van der Waals surface area contributed by atoms with Crippen molar-refractivity contribution in [2.24, 2.45) is 0 Å². The molecule has 1 fully saturated rings. The highest BCUT2D eigenvalue weighted by atomic mass is 35.5. The molecule has 1 aromatic rings. The normalized spacial score (nSPS) is 18.4. The summed E-state index contributed by atoms with van der Waals surface area (Å²) < 4.78 is 24.8. The molecule has 3 nitrogen and oxygen atoms in total. The number of Topliss-reactive ketones (excluding diaryl/α,β-unsaturated/α-hetero) is 1. The maximum Gasteiger partial charge on any atom is 0.180 e. The predicted octanol–water partition coefficient (Wildman–Crippen LogP) is 3.27.